The first-order valence-electron chi connectivity index (χ1n) is 6.94. The molecule has 2 nitrogen and oxygen atoms in total. The highest BCUT2D eigenvalue weighted by atomic mass is 19.1. The summed E-state index contributed by atoms with van der Waals surface area (Å²) in [4.78, 5) is 0. The van der Waals surface area contributed by atoms with Crippen LogP contribution >= 0.6 is 0 Å². The normalized spacial score (nSPS) is 12.2. The molecule has 106 valence electrons. The maximum atomic E-state index is 13.3. The number of hydrogen-bond acceptors (Lipinski definition) is 2. The van der Waals surface area contributed by atoms with E-state index in [2.05, 4.69) is 36.5 Å². The molecule has 0 heterocycles. The van der Waals surface area contributed by atoms with Gasteiger partial charge in [0.2, 0.25) is 0 Å². The van der Waals surface area contributed by atoms with Gasteiger partial charge in [0.1, 0.15) is 0 Å². The summed E-state index contributed by atoms with van der Waals surface area (Å²) in [5.74, 6) is -0.937. The second-order valence-electron chi connectivity index (χ2n) is 5.02. The molecule has 2 N–H and O–H groups in total. The van der Waals surface area contributed by atoms with Gasteiger partial charge in [0.25, 0.3) is 0 Å². The summed E-state index contributed by atoms with van der Waals surface area (Å²) >= 11 is 0. The lowest BCUT2D eigenvalue weighted by Crippen LogP contribution is -2.06. The van der Waals surface area contributed by atoms with Crippen molar-refractivity contribution < 1.29 is 9.50 Å². The van der Waals surface area contributed by atoms with Crippen molar-refractivity contribution in [3.63, 3.8) is 0 Å². The number of hydrogen-bond donors (Lipinski definition) is 2. The molecule has 0 aliphatic heterocycles. The average molecular weight is 273 g/mol. The van der Waals surface area contributed by atoms with E-state index in [1.165, 1.54) is 17.7 Å². The topological polar surface area (TPSA) is 32.3 Å². The molecule has 1 atom stereocenters. The van der Waals surface area contributed by atoms with Crippen LogP contribution in [0.5, 0.6) is 5.75 Å². The highest BCUT2D eigenvalue weighted by Crippen LogP contribution is 2.24. The largest absolute Gasteiger partial charge is 0.505 e. The van der Waals surface area contributed by atoms with E-state index in [1.807, 2.05) is 6.92 Å². The number of phenols is 1. The van der Waals surface area contributed by atoms with Crippen molar-refractivity contribution in [1.29, 1.82) is 0 Å². The number of phenolic OH excluding ortho intramolecular Hbond substituents is 1. The molecule has 3 heteroatoms. The van der Waals surface area contributed by atoms with Gasteiger partial charge in [-0.1, -0.05) is 37.6 Å². The Hall–Kier alpha value is -2.03. The first kappa shape index (κ1) is 14.4. The molecule has 2 aromatic carbocycles. The fourth-order valence-electron chi connectivity index (χ4n) is 2.19. The van der Waals surface area contributed by atoms with Crippen LogP contribution in [0.15, 0.2) is 42.5 Å². The van der Waals surface area contributed by atoms with Crippen molar-refractivity contribution in [3.05, 3.63) is 59.4 Å². The number of rotatable bonds is 5. The average Bonchev–Trinajstić information content (AvgIpc) is 2.44. The van der Waals surface area contributed by atoms with Crippen molar-refractivity contribution >= 4 is 5.69 Å². The van der Waals surface area contributed by atoms with Crippen molar-refractivity contribution in [3.8, 4) is 5.75 Å². The lowest BCUT2D eigenvalue weighted by molar-refractivity contribution is 0.432. The van der Waals surface area contributed by atoms with Crippen LogP contribution in [0, 0.1) is 5.82 Å². The van der Waals surface area contributed by atoms with E-state index < -0.39 is 5.82 Å². The number of aromatic hydroxyl groups is 1. The number of aryl methyl sites for hydroxylation is 1. The van der Waals surface area contributed by atoms with Crippen LogP contribution < -0.4 is 5.32 Å². The summed E-state index contributed by atoms with van der Waals surface area (Å²) in [7, 11) is 0. The molecule has 0 saturated carbocycles. The fourth-order valence-corrected chi connectivity index (χ4v) is 2.19. The quantitative estimate of drug-likeness (QED) is 0.777. The first-order chi connectivity index (χ1) is 9.60. The molecule has 0 aliphatic carbocycles. The third kappa shape index (κ3) is 3.50. The summed E-state index contributed by atoms with van der Waals surface area (Å²) in [6.07, 6.45) is 2.23. The van der Waals surface area contributed by atoms with E-state index in [-0.39, 0.29) is 11.8 Å². The van der Waals surface area contributed by atoms with Gasteiger partial charge >= 0.3 is 0 Å². The van der Waals surface area contributed by atoms with Crippen molar-refractivity contribution in [2.75, 3.05) is 5.32 Å². The lowest BCUT2D eigenvalue weighted by atomic mass is 10.0. The highest BCUT2D eigenvalue weighted by Gasteiger charge is 2.07. The molecule has 0 saturated heterocycles. The lowest BCUT2D eigenvalue weighted by Gasteiger charge is -2.16. The van der Waals surface area contributed by atoms with Crippen molar-refractivity contribution in [2.24, 2.45) is 0 Å². The Kier molecular flexibility index (Phi) is 4.61. The van der Waals surface area contributed by atoms with Gasteiger partial charge in [0, 0.05) is 17.8 Å². The number of benzene rings is 2. The molecule has 1 unspecified atom stereocenters. The van der Waals surface area contributed by atoms with E-state index in [1.54, 1.807) is 6.07 Å². The van der Waals surface area contributed by atoms with Crippen LogP contribution in [-0.2, 0) is 6.42 Å². The van der Waals surface area contributed by atoms with Gasteiger partial charge in [-0.15, -0.1) is 0 Å². The molecular formula is C17H20FNO. The molecule has 0 fully saturated rings. The first-order valence-corrected chi connectivity index (χ1v) is 6.94. The van der Waals surface area contributed by atoms with Gasteiger partial charge in [-0.05, 0) is 36.6 Å². The van der Waals surface area contributed by atoms with Crippen LogP contribution in [0.3, 0.4) is 0 Å². The third-order valence-electron chi connectivity index (χ3n) is 3.35. The second kappa shape index (κ2) is 6.42. The predicted molar refractivity (Wildman–Crippen MR) is 80.5 cm³/mol. The molecule has 2 rings (SSSR count). The number of anilines is 1. The van der Waals surface area contributed by atoms with Crippen molar-refractivity contribution in [2.45, 2.75) is 32.7 Å². The third-order valence-corrected chi connectivity index (χ3v) is 3.35. The highest BCUT2D eigenvalue weighted by molar-refractivity contribution is 5.48. The SMILES string of the molecule is CCCc1ccc(C(C)Nc2ccc(O)c(F)c2)cc1. The van der Waals surface area contributed by atoms with Gasteiger partial charge in [-0.2, -0.15) is 0 Å². The Morgan fingerprint density at radius 1 is 1.15 bits per heavy atom. The summed E-state index contributed by atoms with van der Waals surface area (Å²) < 4.78 is 13.3. The molecule has 0 amide bonds. The Morgan fingerprint density at radius 3 is 2.45 bits per heavy atom. The summed E-state index contributed by atoms with van der Waals surface area (Å²) in [6, 6.07) is 12.9. The molecule has 0 aromatic heterocycles. The van der Waals surface area contributed by atoms with Gasteiger partial charge < -0.3 is 10.4 Å². The van der Waals surface area contributed by atoms with E-state index in [0.29, 0.717) is 5.69 Å². The predicted octanol–water partition coefficient (Wildman–Crippen LogP) is 4.66. The Bertz CT molecular complexity index is 566. The molecule has 0 bridgehead atoms. The van der Waals surface area contributed by atoms with Crippen LogP contribution in [-0.4, -0.2) is 5.11 Å². The number of nitrogens with one attached hydrogen (secondary N) is 1. The molecule has 20 heavy (non-hydrogen) atoms. The minimum atomic E-state index is -0.611. The zero-order valence-corrected chi connectivity index (χ0v) is 11.9. The van der Waals surface area contributed by atoms with E-state index in [0.717, 1.165) is 18.4 Å². The maximum Gasteiger partial charge on any atom is 0.166 e. The Morgan fingerprint density at radius 2 is 1.85 bits per heavy atom. The maximum absolute atomic E-state index is 13.3. The molecular weight excluding hydrogens is 253 g/mol. The summed E-state index contributed by atoms with van der Waals surface area (Å²) in [5.41, 5.74) is 3.14. The van der Waals surface area contributed by atoms with Gasteiger partial charge in [0.05, 0.1) is 0 Å². The van der Waals surface area contributed by atoms with E-state index in [9.17, 15) is 9.50 Å². The molecule has 0 aliphatic rings. The van der Waals surface area contributed by atoms with Crippen molar-refractivity contribution in [1.82, 2.24) is 0 Å². The van der Waals surface area contributed by atoms with E-state index in [4.69, 9.17) is 0 Å². The summed E-state index contributed by atoms with van der Waals surface area (Å²) in [5, 5.41) is 12.4. The Labute approximate surface area is 119 Å². The second-order valence-corrected chi connectivity index (χ2v) is 5.02. The standard InChI is InChI=1S/C17H20FNO/c1-3-4-13-5-7-14(8-6-13)12(2)19-15-9-10-17(20)16(18)11-15/h5-12,19-20H,3-4H2,1-2H3. The van der Waals surface area contributed by atoms with Crippen LogP contribution in [0.4, 0.5) is 10.1 Å². The van der Waals surface area contributed by atoms with Gasteiger partial charge in [0.15, 0.2) is 11.6 Å². The summed E-state index contributed by atoms with van der Waals surface area (Å²) in [6.45, 7) is 4.19. The molecule has 0 radical (unpaired) electrons. The van der Waals surface area contributed by atoms with Gasteiger partial charge in [-0.25, -0.2) is 4.39 Å². The van der Waals surface area contributed by atoms with Crippen LogP contribution in [0.2, 0.25) is 0 Å². The monoisotopic (exact) mass is 273 g/mol. The minimum absolute atomic E-state index is 0.0784. The molecule has 0 spiro atoms. The zero-order valence-electron chi connectivity index (χ0n) is 11.9. The number of halogens is 1. The minimum Gasteiger partial charge on any atom is -0.505 e. The Balaban J connectivity index is 2.06. The fraction of sp³-hybridized carbons (Fsp3) is 0.294. The van der Waals surface area contributed by atoms with E-state index >= 15 is 0 Å². The zero-order chi connectivity index (χ0) is 14.5. The van der Waals surface area contributed by atoms with Gasteiger partial charge in [-0.3, -0.25) is 0 Å². The molecule has 2 aromatic rings. The van der Waals surface area contributed by atoms with Crippen LogP contribution in [0.25, 0.3) is 0 Å². The smallest absolute Gasteiger partial charge is 0.166 e. The van der Waals surface area contributed by atoms with Crippen LogP contribution in [0.1, 0.15) is 37.4 Å².